The number of aryl methyl sites for hydroxylation is 1. The van der Waals surface area contributed by atoms with Crippen molar-refractivity contribution in [1.29, 1.82) is 0 Å². The van der Waals surface area contributed by atoms with Crippen molar-refractivity contribution in [3.63, 3.8) is 0 Å². The van der Waals surface area contributed by atoms with Gasteiger partial charge in [-0.2, -0.15) is 5.10 Å². The van der Waals surface area contributed by atoms with Gasteiger partial charge in [0.15, 0.2) is 17.8 Å². The number of aromatic nitrogens is 2. The summed E-state index contributed by atoms with van der Waals surface area (Å²) in [4.78, 5) is 12.1. The number of rotatable bonds is 5. The van der Waals surface area contributed by atoms with E-state index in [1.807, 2.05) is 6.92 Å². The predicted molar refractivity (Wildman–Crippen MR) is 59.1 cm³/mol. The van der Waals surface area contributed by atoms with Gasteiger partial charge in [-0.1, -0.05) is 0 Å². The van der Waals surface area contributed by atoms with Crippen LogP contribution in [-0.4, -0.2) is 42.2 Å². The van der Waals surface area contributed by atoms with E-state index in [2.05, 4.69) is 5.10 Å². The summed E-state index contributed by atoms with van der Waals surface area (Å²) in [5.41, 5.74) is 0.481. The molecule has 94 valence electrons. The molecule has 17 heavy (non-hydrogen) atoms. The predicted octanol–water partition coefficient (Wildman–Crippen LogP) is 0.857. The summed E-state index contributed by atoms with van der Waals surface area (Å²) in [7, 11) is 1.52. The topological polar surface area (TPSA) is 62.6 Å². The number of ether oxygens (including phenoxy) is 3. The largest absolute Gasteiger partial charge is 0.493 e. The van der Waals surface area contributed by atoms with E-state index in [1.54, 1.807) is 10.9 Å². The first-order chi connectivity index (χ1) is 8.26. The average Bonchev–Trinajstić information content (AvgIpc) is 2.95. The Labute approximate surface area is 99.5 Å². The van der Waals surface area contributed by atoms with Gasteiger partial charge in [0.2, 0.25) is 0 Å². The number of ketones is 1. The maximum absolute atomic E-state index is 12.1. The number of hydrogen-bond donors (Lipinski definition) is 0. The standard InChI is InChI=1S/C11H16N2O4/c1-3-13-11(9(15-2)7-12-13)8(14)6-10-16-4-5-17-10/h7,10H,3-6H2,1-2H3. The number of Topliss-reactive ketones (excluding diaryl/α,β-unsaturated/α-hetero) is 1. The molecule has 0 atom stereocenters. The van der Waals surface area contributed by atoms with Crippen molar-refractivity contribution in [2.24, 2.45) is 0 Å². The van der Waals surface area contributed by atoms with Crippen molar-refractivity contribution in [1.82, 2.24) is 9.78 Å². The molecule has 1 fully saturated rings. The molecule has 0 spiro atoms. The summed E-state index contributed by atoms with van der Waals surface area (Å²) in [5, 5.41) is 4.09. The van der Waals surface area contributed by atoms with Crippen molar-refractivity contribution in [3.8, 4) is 5.75 Å². The van der Waals surface area contributed by atoms with Crippen molar-refractivity contribution in [2.45, 2.75) is 26.2 Å². The van der Waals surface area contributed by atoms with Gasteiger partial charge in [-0.05, 0) is 6.92 Å². The third kappa shape index (κ3) is 2.48. The van der Waals surface area contributed by atoms with Gasteiger partial charge in [0.05, 0.1) is 32.9 Å². The summed E-state index contributed by atoms with van der Waals surface area (Å²) in [6, 6.07) is 0. The minimum atomic E-state index is -0.438. The molecule has 0 aliphatic carbocycles. The lowest BCUT2D eigenvalue weighted by atomic mass is 10.2. The molecule has 0 aromatic carbocycles. The lowest BCUT2D eigenvalue weighted by Crippen LogP contribution is -2.18. The van der Waals surface area contributed by atoms with Gasteiger partial charge in [-0.3, -0.25) is 9.48 Å². The summed E-state index contributed by atoms with van der Waals surface area (Å²) in [6.07, 6.45) is 1.31. The molecule has 0 amide bonds. The Hall–Kier alpha value is -1.40. The zero-order chi connectivity index (χ0) is 12.3. The van der Waals surface area contributed by atoms with Crippen molar-refractivity contribution in [2.75, 3.05) is 20.3 Å². The smallest absolute Gasteiger partial charge is 0.189 e. The van der Waals surface area contributed by atoms with Crippen LogP contribution in [0.25, 0.3) is 0 Å². The second-order valence-electron chi connectivity index (χ2n) is 3.68. The summed E-state index contributed by atoms with van der Waals surface area (Å²) >= 11 is 0. The summed E-state index contributed by atoms with van der Waals surface area (Å²) in [6.45, 7) is 3.63. The fourth-order valence-corrected chi connectivity index (χ4v) is 1.81. The minimum absolute atomic E-state index is 0.0758. The monoisotopic (exact) mass is 240 g/mol. The van der Waals surface area contributed by atoms with E-state index in [9.17, 15) is 4.79 Å². The van der Waals surface area contributed by atoms with Crippen LogP contribution in [0.1, 0.15) is 23.8 Å². The number of carbonyl (C=O) groups excluding carboxylic acids is 1. The van der Waals surface area contributed by atoms with E-state index in [4.69, 9.17) is 14.2 Å². The molecule has 6 nitrogen and oxygen atoms in total. The lowest BCUT2D eigenvalue weighted by Gasteiger charge is -2.10. The maximum atomic E-state index is 12.1. The van der Waals surface area contributed by atoms with Crippen LogP contribution in [0.3, 0.4) is 0 Å². The molecule has 1 aliphatic rings. The highest BCUT2D eigenvalue weighted by atomic mass is 16.7. The first kappa shape index (κ1) is 12.1. The summed E-state index contributed by atoms with van der Waals surface area (Å²) < 4.78 is 17.3. The number of hydrogen-bond acceptors (Lipinski definition) is 5. The van der Waals surface area contributed by atoms with Crippen LogP contribution in [0, 0.1) is 0 Å². The Morgan fingerprint density at radius 3 is 2.88 bits per heavy atom. The Bertz CT molecular complexity index is 375. The maximum Gasteiger partial charge on any atom is 0.189 e. The molecule has 2 heterocycles. The van der Waals surface area contributed by atoms with Crippen LogP contribution >= 0.6 is 0 Å². The van der Waals surface area contributed by atoms with Crippen LogP contribution in [0.15, 0.2) is 6.20 Å². The third-order valence-corrected chi connectivity index (χ3v) is 2.63. The highest BCUT2D eigenvalue weighted by molar-refractivity contribution is 5.97. The molecule has 1 aliphatic heterocycles. The SMILES string of the molecule is CCn1ncc(OC)c1C(=O)CC1OCCO1. The van der Waals surface area contributed by atoms with Gasteiger partial charge in [-0.15, -0.1) is 0 Å². The Kier molecular flexibility index (Phi) is 3.75. The fraction of sp³-hybridized carbons (Fsp3) is 0.636. The highest BCUT2D eigenvalue weighted by Gasteiger charge is 2.25. The van der Waals surface area contributed by atoms with Gasteiger partial charge in [0.25, 0.3) is 0 Å². The second kappa shape index (κ2) is 5.29. The third-order valence-electron chi connectivity index (χ3n) is 2.63. The van der Waals surface area contributed by atoms with E-state index in [-0.39, 0.29) is 12.2 Å². The molecule has 2 rings (SSSR count). The Morgan fingerprint density at radius 1 is 1.59 bits per heavy atom. The first-order valence-electron chi connectivity index (χ1n) is 5.62. The molecule has 0 radical (unpaired) electrons. The van der Waals surface area contributed by atoms with Gasteiger partial charge in [0.1, 0.15) is 5.69 Å². The van der Waals surface area contributed by atoms with Crippen LogP contribution in [0.2, 0.25) is 0 Å². The average molecular weight is 240 g/mol. The van der Waals surface area contributed by atoms with E-state index in [1.165, 1.54) is 7.11 Å². The van der Waals surface area contributed by atoms with E-state index < -0.39 is 6.29 Å². The zero-order valence-corrected chi connectivity index (χ0v) is 10.0. The van der Waals surface area contributed by atoms with Crippen LogP contribution < -0.4 is 4.74 Å². The number of methoxy groups -OCH3 is 1. The van der Waals surface area contributed by atoms with Gasteiger partial charge >= 0.3 is 0 Å². The molecule has 0 N–H and O–H groups in total. The normalized spacial score (nSPS) is 16.4. The van der Waals surface area contributed by atoms with Crippen molar-refractivity contribution >= 4 is 5.78 Å². The molecule has 6 heteroatoms. The molecule has 1 aromatic rings. The van der Waals surface area contributed by atoms with Gasteiger partial charge in [0, 0.05) is 6.54 Å². The number of carbonyl (C=O) groups is 1. The lowest BCUT2D eigenvalue weighted by molar-refractivity contribution is -0.0409. The van der Waals surface area contributed by atoms with Crippen LogP contribution in [-0.2, 0) is 16.0 Å². The molecular weight excluding hydrogens is 224 g/mol. The first-order valence-corrected chi connectivity index (χ1v) is 5.62. The molecule has 1 aromatic heterocycles. The number of nitrogens with zero attached hydrogens (tertiary/aromatic N) is 2. The van der Waals surface area contributed by atoms with E-state index >= 15 is 0 Å². The Morgan fingerprint density at radius 2 is 2.29 bits per heavy atom. The quantitative estimate of drug-likeness (QED) is 0.714. The van der Waals surface area contributed by atoms with Crippen LogP contribution in [0.4, 0.5) is 0 Å². The highest BCUT2D eigenvalue weighted by Crippen LogP contribution is 2.21. The molecule has 1 saturated heterocycles. The second-order valence-corrected chi connectivity index (χ2v) is 3.68. The summed E-state index contributed by atoms with van der Waals surface area (Å²) in [5.74, 6) is 0.419. The van der Waals surface area contributed by atoms with Gasteiger partial charge < -0.3 is 14.2 Å². The van der Waals surface area contributed by atoms with E-state index in [0.717, 1.165) is 0 Å². The van der Waals surface area contributed by atoms with Crippen LogP contribution in [0.5, 0.6) is 5.75 Å². The minimum Gasteiger partial charge on any atom is -0.493 e. The Balaban J connectivity index is 2.13. The zero-order valence-electron chi connectivity index (χ0n) is 10.0. The van der Waals surface area contributed by atoms with E-state index in [0.29, 0.717) is 31.2 Å². The molecule has 0 saturated carbocycles. The van der Waals surface area contributed by atoms with Crippen molar-refractivity contribution < 1.29 is 19.0 Å². The fourth-order valence-electron chi connectivity index (χ4n) is 1.81. The molecule has 0 bridgehead atoms. The van der Waals surface area contributed by atoms with Crippen molar-refractivity contribution in [3.05, 3.63) is 11.9 Å². The molecular formula is C11H16N2O4. The molecule has 0 unspecified atom stereocenters. The van der Waals surface area contributed by atoms with Gasteiger partial charge in [-0.25, -0.2) is 0 Å².